The Hall–Kier alpha value is -2.40. The van der Waals surface area contributed by atoms with Gasteiger partial charge in [0.1, 0.15) is 17.5 Å². The lowest BCUT2D eigenvalue weighted by molar-refractivity contribution is 0.624. The van der Waals surface area contributed by atoms with Crippen molar-refractivity contribution in [3.8, 4) is 11.1 Å². The number of nitrogen functional groups attached to an aromatic ring is 2. The third-order valence-electron chi connectivity index (χ3n) is 2.91. The predicted molar refractivity (Wildman–Crippen MR) is 81.0 cm³/mol. The Morgan fingerprint density at radius 3 is 2.55 bits per heavy atom. The first-order chi connectivity index (χ1) is 9.15. The van der Waals surface area contributed by atoms with Gasteiger partial charge < -0.3 is 11.5 Å². The number of nitrogens with two attached hydrogens (primary N) is 2. The van der Waals surface area contributed by atoms with E-state index < -0.39 is 0 Å². The highest BCUT2D eigenvalue weighted by Crippen LogP contribution is 2.30. The van der Waals surface area contributed by atoms with Gasteiger partial charge in [-0.25, -0.2) is 9.37 Å². The van der Waals surface area contributed by atoms with E-state index in [1.165, 1.54) is 12.3 Å². The molecule has 20 heavy (non-hydrogen) atoms. The maximum atomic E-state index is 13.2. The zero-order chi connectivity index (χ0) is 13.4. The second kappa shape index (κ2) is 5.30. The van der Waals surface area contributed by atoms with Crippen molar-refractivity contribution in [2.75, 3.05) is 11.5 Å². The fraction of sp³-hybridized carbons (Fsp3) is 0. The molecule has 0 fully saturated rings. The van der Waals surface area contributed by atoms with Gasteiger partial charge in [-0.3, -0.25) is 4.98 Å². The van der Waals surface area contributed by atoms with Crippen LogP contribution in [0.25, 0.3) is 22.0 Å². The average molecular weight is 291 g/mol. The van der Waals surface area contributed by atoms with Crippen LogP contribution >= 0.6 is 12.4 Å². The third-order valence-corrected chi connectivity index (χ3v) is 2.91. The molecule has 0 saturated carbocycles. The number of pyridine rings is 2. The molecule has 6 heteroatoms. The minimum Gasteiger partial charge on any atom is -0.384 e. The second-order valence-corrected chi connectivity index (χ2v) is 4.20. The minimum absolute atomic E-state index is 0. The molecule has 4 nitrogen and oxygen atoms in total. The van der Waals surface area contributed by atoms with Crippen LogP contribution in [0.15, 0.2) is 42.6 Å². The number of anilines is 2. The monoisotopic (exact) mass is 290 g/mol. The van der Waals surface area contributed by atoms with Crippen LogP contribution in [0.4, 0.5) is 16.0 Å². The molecule has 0 atom stereocenters. The summed E-state index contributed by atoms with van der Waals surface area (Å²) in [6.07, 6.45) is 1.19. The van der Waals surface area contributed by atoms with Crippen LogP contribution in [0.5, 0.6) is 0 Å². The number of hydrogen-bond donors (Lipinski definition) is 2. The highest BCUT2D eigenvalue weighted by atomic mass is 35.5. The lowest BCUT2D eigenvalue weighted by atomic mass is 10.0. The summed E-state index contributed by atoms with van der Waals surface area (Å²) < 4.78 is 13.2. The van der Waals surface area contributed by atoms with Crippen molar-refractivity contribution in [1.82, 2.24) is 9.97 Å². The van der Waals surface area contributed by atoms with Gasteiger partial charge >= 0.3 is 0 Å². The molecule has 0 unspecified atom stereocenters. The summed E-state index contributed by atoms with van der Waals surface area (Å²) in [5, 5.41) is 0.716. The van der Waals surface area contributed by atoms with E-state index in [9.17, 15) is 4.39 Å². The normalized spacial score (nSPS) is 10.2. The smallest absolute Gasteiger partial charge is 0.142 e. The van der Waals surface area contributed by atoms with E-state index in [0.29, 0.717) is 22.5 Å². The molecule has 0 bridgehead atoms. The standard InChI is InChI=1S/C14H11FN4.ClH/c15-9-6-8-2-1-3-10(13(8)18-7-9)11-4-5-12(16)19-14(11)17;/h1-7H,(H4,16,17,19);1H. The molecule has 0 aliphatic carbocycles. The van der Waals surface area contributed by atoms with Crippen LogP contribution < -0.4 is 11.5 Å². The van der Waals surface area contributed by atoms with Crippen LogP contribution in [0, 0.1) is 5.82 Å². The fourth-order valence-corrected chi connectivity index (χ4v) is 2.07. The Bertz CT molecular complexity index is 776. The molecule has 2 aromatic heterocycles. The van der Waals surface area contributed by atoms with Crippen LogP contribution in [-0.2, 0) is 0 Å². The minimum atomic E-state index is -0.368. The zero-order valence-corrected chi connectivity index (χ0v) is 11.2. The molecule has 1 aromatic carbocycles. The Labute approximate surface area is 121 Å². The molecular formula is C14H12ClFN4. The van der Waals surface area contributed by atoms with Gasteiger partial charge in [0.15, 0.2) is 0 Å². The topological polar surface area (TPSA) is 77.8 Å². The predicted octanol–water partition coefficient (Wildman–Crippen LogP) is 3.02. The molecule has 102 valence electrons. The van der Waals surface area contributed by atoms with Gasteiger partial charge in [0, 0.05) is 16.5 Å². The molecule has 0 aliphatic heterocycles. The van der Waals surface area contributed by atoms with Gasteiger partial charge in [-0.05, 0) is 18.2 Å². The Morgan fingerprint density at radius 2 is 1.80 bits per heavy atom. The van der Waals surface area contributed by atoms with Gasteiger partial charge in [0.2, 0.25) is 0 Å². The summed E-state index contributed by atoms with van der Waals surface area (Å²) in [4.78, 5) is 8.16. The van der Waals surface area contributed by atoms with Crippen LogP contribution in [0.3, 0.4) is 0 Å². The summed E-state index contributed by atoms with van der Waals surface area (Å²) in [6, 6.07) is 10.4. The van der Waals surface area contributed by atoms with E-state index in [4.69, 9.17) is 11.5 Å². The van der Waals surface area contributed by atoms with Crippen molar-refractivity contribution < 1.29 is 4.39 Å². The highest BCUT2D eigenvalue weighted by Gasteiger charge is 2.09. The number of benzene rings is 1. The van der Waals surface area contributed by atoms with E-state index in [1.54, 1.807) is 18.2 Å². The Kier molecular flexibility index (Phi) is 3.72. The van der Waals surface area contributed by atoms with E-state index in [-0.39, 0.29) is 18.2 Å². The number of aromatic nitrogens is 2. The van der Waals surface area contributed by atoms with E-state index in [1.807, 2.05) is 12.1 Å². The number of hydrogen-bond acceptors (Lipinski definition) is 4. The molecule has 0 amide bonds. The fourth-order valence-electron chi connectivity index (χ4n) is 2.07. The average Bonchev–Trinajstić information content (AvgIpc) is 2.38. The SMILES string of the molecule is Cl.Nc1ccc(-c2cccc3cc(F)cnc23)c(N)n1. The lowest BCUT2D eigenvalue weighted by Crippen LogP contribution is -1.98. The number of rotatable bonds is 1. The van der Waals surface area contributed by atoms with Crippen molar-refractivity contribution in [2.45, 2.75) is 0 Å². The third kappa shape index (κ3) is 2.35. The number of para-hydroxylation sites is 1. The summed E-state index contributed by atoms with van der Waals surface area (Å²) in [6.45, 7) is 0. The van der Waals surface area contributed by atoms with Gasteiger partial charge in [-0.2, -0.15) is 0 Å². The molecule has 0 radical (unpaired) electrons. The number of halogens is 2. The molecular weight excluding hydrogens is 279 g/mol. The van der Waals surface area contributed by atoms with Crippen molar-refractivity contribution in [2.24, 2.45) is 0 Å². The first kappa shape index (κ1) is 14.0. The quantitative estimate of drug-likeness (QED) is 0.722. The molecule has 2 heterocycles. The maximum absolute atomic E-state index is 13.2. The van der Waals surface area contributed by atoms with Crippen LogP contribution in [0.1, 0.15) is 0 Å². The molecule has 3 rings (SSSR count). The van der Waals surface area contributed by atoms with Crippen molar-refractivity contribution >= 4 is 34.9 Å². The first-order valence-electron chi connectivity index (χ1n) is 5.72. The number of fused-ring (bicyclic) bond motifs is 1. The van der Waals surface area contributed by atoms with E-state index >= 15 is 0 Å². The molecule has 3 aromatic rings. The van der Waals surface area contributed by atoms with Crippen LogP contribution in [-0.4, -0.2) is 9.97 Å². The zero-order valence-electron chi connectivity index (χ0n) is 10.4. The van der Waals surface area contributed by atoms with E-state index in [0.717, 1.165) is 11.1 Å². The second-order valence-electron chi connectivity index (χ2n) is 4.20. The molecule has 0 saturated heterocycles. The van der Waals surface area contributed by atoms with Gasteiger partial charge in [-0.15, -0.1) is 12.4 Å². The molecule has 0 aliphatic rings. The Morgan fingerprint density at radius 1 is 1.00 bits per heavy atom. The highest BCUT2D eigenvalue weighted by molar-refractivity contribution is 5.96. The largest absolute Gasteiger partial charge is 0.384 e. The summed E-state index contributed by atoms with van der Waals surface area (Å²) in [7, 11) is 0. The van der Waals surface area contributed by atoms with Crippen molar-refractivity contribution in [3.05, 3.63) is 48.4 Å². The summed E-state index contributed by atoms with van der Waals surface area (Å²) >= 11 is 0. The molecule has 4 N–H and O–H groups in total. The van der Waals surface area contributed by atoms with Gasteiger partial charge in [-0.1, -0.05) is 18.2 Å². The molecule has 0 spiro atoms. The number of nitrogens with zero attached hydrogens (tertiary/aromatic N) is 2. The Balaban J connectivity index is 0.00000147. The lowest BCUT2D eigenvalue weighted by Gasteiger charge is -2.08. The van der Waals surface area contributed by atoms with Gasteiger partial charge in [0.05, 0.1) is 11.7 Å². The van der Waals surface area contributed by atoms with Crippen LogP contribution in [0.2, 0.25) is 0 Å². The summed E-state index contributed by atoms with van der Waals surface area (Å²) in [5.41, 5.74) is 13.7. The summed E-state index contributed by atoms with van der Waals surface area (Å²) in [5.74, 6) is 0.326. The van der Waals surface area contributed by atoms with Crippen molar-refractivity contribution in [3.63, 3.8) is 0 Å². The van der Waals surface area contributed by atoms with Gasteiger partial charge in [0.25, 0.3) is 0 Å². The maximum Gasteiger partial charge on any atom is 0.142 e. The van der Waals surface area contributed by atoms with Crippen molar-refractivity contribution in [1.29, 1.82) is 0 Å². The van der Waals surface area contributed by atoms with E-state index in [2.05, 4.69) is 9.97 Å². The first-order valence-corrected chi connectivity index (χ1v) is 5.72.